The summed E-state index contributed by atoms with van der Waals surface area (Å²) in [5.74, 6) is 2.41. The first kappa shape index (κ1) is 30.2. The van der Waals surface area contributed by atoms with Gasteiger partial charge in [0.25, 0.3) is 0 Å². The molecule has 0 aromatic carbocycles. The van der Waals surface area contributed by atoms with Crippen LogP contribution in [0.4, 0.5) is 0 Å². The van der Waals surface area contributed by atoms with Crippen LogP contribution in [0.5, 0.6) is 0 Å². The molecule has 0 aliphatic carbocycles. The molecule has 4 nitrogen and oxygen atoms in total. The Bertz CT molecular complexity index is 581. The van der Waals surface area contributed by atoms with Crippen molar-refractivity contribution < 1.29 is 0 Å². The standard InChI is InChI=1S/C26H46N4S4/c1(3-7-15-29-23-25-11-9-19-31-25)5-13-27-17-21-33-34-22-18-28-14-6-2-4-8-16-30-24-26-12-10-20-32-26/h9-12,19-20,27-30H,1-8,13-18,21-24H2. The van der Waals surface area contributed by atoms with Crippen molar-refractivity contribution in [1.29, 1.82) is 0 Å². The molecule has 0 bridgehead atoms. The van der Waals surface area contributed by atoms with Crippen LogP contribution in [0.1, 0.15) is 61.1 Å². The van der Waals surface area contributed by atoms with Gasteiger partial charge in [-0.25, -0.2) is 0 Å². The van der Waals surface area contributed by atoms with Crippen LogP contribution < -0.4 is 21.3 Å². The van der Waals surface area contributed by atoms with Gasteiger partial charge in [0, 0.05) is 47.4 Å². The summed E-state index contributed by atoms with van der Waals surface area (Å²) in [5, 5.41) is 18.5. The van der Waals surface area contributed by atoms with Gasteiger partial charge in [-0.1, -0.05) is 59.4 Å². The molecule has 0 saturated heterocycles. The second-order valence-electron chi connectivity index (χ2n) is 8.48. The van der Waals surface area contributed by atoms with Crippen LogP contribution in [0.3, 0.4) is 0 Å². The molecule has 0 unspecified atom stereocenters. The van der Waals surface area contributed by atoms with Gasteiger partial charge < -0.3 is 21.3 Å². The molecule has 0 amide bonds. The van der Waals surface area contributed by atoms with Gasteiger partial charge in [0.1, 0.15) is 0 Å². The molecule has 194 valence electrons. The molecule has 2 aromatic heterocycles. The van der Waals surface area contributed by atoms with E-state index in [1.165, 1.54) is 85.7 Å². The van der Waals surface area contributed by atoms with Gasteiger partial charge in [0.05, 0.1) is 0 Å². The lowest BCUT2D eigenvalue weighted by atomic mass is 10.2. The summed E-state index contributed by atoms with van der Waals surface area (Å²) in [7, 11) is 4.02. The Hall–Kier alpha value is -0.0600. The molecule has 0 atom stereocenters. The maximum Gasteiger partial charge on any atom is 0.0299 e. The Balaban J connectivity index is 1.16. The van der Waals surface area contributed by atoms with Crippen LogP contribution in [0, 0.1) is 0 Å². The van der Waals surface area contributed by atoms with Crippen LogP contribution in [-0.4, -0.2) is 50.8 Å². The Labute approximate surface area is 224 Å². The average Bonchev–Trinajstić information content (AvgIpc) is 3.56. The summed E-state index contributed by atoms with van der Waals surface area (Å²) < 4.78 is 0. The van der Waals surface area contributed by atoms with E-state index >= 15 is 0 Å². The van der Waals surface area contributed by atoms with Gasteiger partial charge in [-0.15, -0.1) is 22.7 Å². The molecule has 8 heteroatoms. The van der Waals surface area contributed by atoms with E-state index in [-0.39, 0.29) is 0 Å². The maximum atomic E-state index is 3.59. The molecule has 0 radical (unpaired) electrons. The number of hydrogen-bond donors (Lipinski definition) is 4. The third-order valence-electron chi connectivity index (χ3n) is 5.48. The van der Waals surface area contributed by atoms with Crippen molar-refractivity contribution >= 4 is 44.3 Å². The molecule has 34 heavy (non-hydrogen) atoms. The fraction of sp³-hybridized carbons (Fsp3) is 0.692. The van der Waals surface area contributed by atoms with Crippen molar-refractivity contribution in [2.75, 3.05) is 50.8 Å². The number of hydrogen-bond acceptors (Lipinski definition) is 8. The summed E-state index contributed by atoms with van der Waals surface area (Å²) in [6.45, 7) is 8.94. The SMILES string of the molecule is c1csc(CNCCCCCCNCCSSCCNCCCCCCNCc2cccs2)c1. The van der Waals surface area contributed by atoms with Crippen molar-refractivity contribution in [1.82, 2.24) is 21.3 Å². The number of thiophene rings is 2. The maximum absolute atomic E-state index is 3.59. The fourth-order valence-corrected chi connectivity index (χ4v) is 6.80. The summed E-state index contributed by atoms with van der Waals surface area (Å²) in [6.07, 6.45) is 10.5. The van der Waals surface area contributed by atoms with E-state index in [1.807, 2.05) is 44.3 Å². The summed E-state index contributed by atoms with van der Waals surface area (Å²) >= 11 is 3.67. The predicted molar refractivity (Wildman–Crippen MR) is 160 cm³/mol. The summed E-state index contributed by atoms with van der Waals surface area (Å²) in [5.41, 5.74) is 0. The van der Waals surface area contributed by atoms with E-state index < -0.39 is 0 Å². The Morgan fingerprint density at radius 3 is 1.29 bits per heavy atom. The predicted octanol–water partition coefficient (Wildman–Crippen LogP) is 6.37. The minimum absolute atomic E-state index is 1.03. The van der Waals surface area contributed by atoms with Crippen molar-refractivity contribution in [3.8, 4) is 0 Å². The molecule has 0 spiro atoms. The van der Waals surface area contributed by atoms with Crippen LogP contribution in [-0.2, 0) is 13.1 Å². The first-order valence-electron chi connectivity index (χ1n) is 13.1. The zero-order valence-corrected chi connectivity index (χ0v) is 24.1. The third-order valence-corrected chi connectivity index (χ3v) is 9.64. The van der Waals surface area contributed by atoms with Gasteiger partial charge >= 0.3 is 0 Å². The first-order chi connectivity index (χ1) is 16.9. The molecule has 2 rings (SSSR count). The highest BCUT2D eigenvalue weighted by Crippen LogP contribution is 2.19. The van der Waals surface area contributed by atoms with Gasteiger partial charge in [-0.3, -0.25) is 0 Å². The van der Waals surface area contributed by atoms with Crippen LogP contribution >= 0.6 is 44.3 Å². The normalized spacial score (nSPS) is 11.4. The van der Waals surface area contributed by atoms with E-state index in [4.69, 9.17) is 0 Å². The zero-order chi connectivity index (χ0) is 23.8. The summed E-state index contributed by atoms with van der Waals surface area (Å²) in [6, 6.07) is 8.66. The largest absolute Gasteiger partial charge is 0.316 e. The van der Waals surface area contributed by atoms with Crippen molar-refractivity contribution in [2.45, 2.75) is 64.5 Å². The number of rotatable bonds is 25. The smallest absolute Gasteiger partial charge is 0.0299 e. The molecular weight excluding hydrogens is 497 g/mol. The highest BCUT2D eigenvalue weighted by atomic mass is 33.1. The van der Waals surface area contributed by atoms with Gasteiger partial charge in [0.15, 0.2) is 0 Å². The Morgan fingerprint density at radius 1 is 0.500 bits per heavy atom. The lowest BCUT2D eigenvalue weighted by Crippen LogP contribution is -2.19. The lowest BCUT2D eigenvalue weighted by molar-refractivity contribution is 0.571. The molecule has 2 aromatic rings. The Morgan fingerprint density at radius 2 is 0.912 bits per heavy atom. The van der Waals surface area contributed by atoms with E-state index in [0.29, 0.717) is 0 Å². The Kier molecular flexibility index (Phi) is 20.7. The molecule has 0 aliphatic rings. The molecule has 0 saturated carbocycles. The monoisotopic (exact) mass is 542 g/mol. The molecule has 0 aliphatic heterocycles. The molecular formula is C26H46N4S4. The van der Waals surface area contributed by atoms with Gasteiger partial charge in [-0.2, -0.15) is 0 Å². The third kappa shape index (κ3) is 18.2. The highest BCUT2D eigenvalue weighted by Gasteiger charge is 1.96. The first-order valence-corrected chi connectivity index (χ1v) is 17.3. The minimum Gasteiger partial charge on any atom is -0.316 e. The van der Waals surface area contributed by atoms with Gasteiger partial charge in [-0.05, 0) is 74.8 Å². The fourth-order valence-electron chi connectivity index (χ4n) is 3.55. The number of unbranched alkanes of at least 4 members (excludes halogenated alkanes) is 6. The van der Waals surface area contributed by atoms with Crippen molar-refractivity contribution in [3.05, 3.63) is 44.8 Å². The topological polar surface area (TPSA) is 48.1 Å². The van der Waals surface area contributed by atoms with Crippen LogP contribution in [0.15, 0.2) is 35.0 Å². The van der Waals surface area contributed by atoms with E-state index in [0.717, 1.165) is 39.3 Å². The van der Waals surface area contributed by atoms with E-state index in [1.54, 1.807) is 0 Å². The van der Waals surface area contributed by atoms with E-state index in [2.05, 4.69) is 56.3 Å². The van der Waals surface area contributed by atoms with Crippen molar-refractivity contribution in [2.24, 2.45) is 0 Å². The second-order valence-corrected chi connectivity index (χ2v) is 13.3. The molecule has 2 heterocycles. The molecule has 0 fully saturated rings. The van der Waals surface area contributed by atoms with E-state index in [9.17, 15) is 0 Å². The van der Waals surface area contributed by atoms with Crippen molar-refractivity contribution in [3.63, 3.8) is 0 Å². The second kappa shape index (κ2) is 23.3. The number of nitrogens with one attached hydrogen (secondary N) is 4. The minimum atomic E-state index is 1.03. The van der Waals surface area contributed by atoms with Crippen LogP contribution in [0.2, 0.25) is 0 Å². The van der Waals surface area contributed by atoms with Crippen LogP contribution in [0.25, 0.3) is 0 Å². The zero-order valence-electron chi connectivity index (χ0n) is 20.8. The quantitative estimate of drug-likeness (QED) is 0.0864. The summed E-state index contributed by atoms with van der Waals surface area (Å²) in [4.78, 5) is 2.87. The molecule has 4 N–H and O–H groups in total. The average molecular weight is 543 g/mol. The highest BCUT2D eigenvalue weighted by molar-refractivity contribution is 8.76. The van der Waals surface area contributed by atoms with Gasteiger partial charge in [0.2, 0.25) is 0 Å². The lowest BCUT2D eigenvalue weighted by Gasteiger charge is -2.06.